The van der Waals surface area contributed by atoms with Crippen LogP contribution in [-0.2, 0) is 17.9 Å². The average Bonchev–Trinajstić information content (AvgIpc) is 3.50. The monoisotopic (exact) mass is 431 g/mol. The van der Waals surface area contributed by atoms with Crippen LogP contribution in [0.3, 0.4) is 0 Å². The van der Waals surface area contributed by atoms with Gasteiger partial charge in [0.05, 0.1) is 12.8 Å². The summed E-state index contributed by atoms with van der Waals surface area (Å²) >= 11 is 0. The summed E-state index contributed by atoms with van der Waals surface area (Å²) < 4.78 is 5.48. The van der Waals surface area contributed by atoms with Crippen molar-refractivity contribution in [2.75, 3.05) is 11.9 Å². The molecule has 6 heteroatoms. The quantitative estimate of drug-likeness (QED) is 0.538. The van der Waals surface area contributed by atoms with Crippen molar-refractivity contribution in [2.45, 2.75) is 45.8 Å². The summed E-state index contributed by atoms with van der Waals surface area (Å²) in [6.07, 6.45) is 3.45. The molecule has 0 saturated heterocycles. The van der Waals surface area contributed by atoms with Crippen molar-refractivity contribution in [3.05, 3.63) is 89.4 Å². The van der Waals surface area contributed by atoms with Crippen LogP contribution >= 0.6 is 0 Å². The van der Waals surface area contributed by atoms with Gasteiger partial charge in [0.2, 0.25) is 5.91 Å². The minimum atomic E-state index is -0.234. The van der Waals surface area contributed by atoms with Crippen molar-refractivity contribution in [1.82, 2.24) is 9.80 Å². The number of benzene rings is 2. The minimum absolute atomic E-state index is 0.0366. The molecule has 32 heavy (non-hydrogen) atoms. The SMILES string of the molecule is Cc1ccc(NC(=O)N(CC(=O)N(Cc2ccccc2)Cc2ccco2)C2CC2)cc1C. The van der Waals surface area contributed by atoms with E-state index in [1.165, 1.54) is 5.56 Å². The van der Waals surface area contributed by atoms with Gasteiger partial charge in [-0.25, -0.2) is 4.79 Å². The molecule has 0 atom stereocenters. The maximum Gasteiger partial charge on any atom is 0.322 e. The Morgan fingerprint density at radius 2 is 1.75 bits per heavy atom. The van der Waals surface area contributed by atoms with Crippen molar-refractivity contribution in [2.24, 2.45) is 0 Å². The average molecular weight is 432 g/mol. The van der Waals surface area contributed by atoms with E-state index < -0.39 is 0 Å². The van der Waals surface area contributed by atoms with Gasteiger partial charge in [0.15, 0.2) is 0 Å². The molecule has 6 nitrogen and oxygen atoms in total. The van der Waals surface area contributed by atoms with Crippen LogP contribution < -0.4 is 5.32 Å². The van der Waals surface area contributed by atoms with Gasteiger partial charge < -0.3 is 19.5 Å². The van der Waals surface area contributed by atoms with E-state index in [1.54, 1.807) is 16.1 Å². The van der Waals surface area contributed by atoms with Gasteiger partial charge in [-0.1, -0.05) is 36.4 Å². The predicted molar refractivity (Wildman–Crippen MR) is 124 cm³/mol. The fourth-order valence-electron chi connectivity index (χ4n) is 3.64. The first-order valence-corrected chi connectivity index (χ1v) is 11.0. The van der Waals surface area contributed by atoms with Gasteiger partial charge in [0, 0.05) is 18.3 Å². The first kappa shape index (κ1) is 21.7. The zero-order chi connectivity index (χ0) is 22.5. The Bertz CT molecular complexity index is 1060. The van der Waals surface area contributed by atoms with Crippen LogP contribution in [0, 0.1) is 13.8 Å². The van der Waals surface area contributed by atoms with Crippen LogP contribution in [0.15, 0.2) is 71.3 Å². The topological polar surface area (TPSA) is 65.8 Å². The Balaban J connectivity index is 1.47. The molecular weight excluding hydrogens is 402 g/mol. The summed E-state index contributed by atoms with van der Waals surface area (Å²) in [6, 6.07) is 19.2. The molecule has 0 radical (unpaired) electrons. The Morgan fingerprint density at radius 3 is 2.41 bits per heavy atom. The zero-order valence-corrected chi connectivity index (χ0v) is 18.6. The van der Waals surface area contributed by atoms with Gasteiger partial charge in [-0.05, 0) is 67.6 Å². The lowest BCUT2D eigenvalue weighted by atomic mass is 10.1. The first-order valence-electron chi connectivity index (χ1n) is 11.0. The first-order chi connectivity index (χ1) is 15.5. The van der Waals surface area contributed by atoms with Crippen molar-refractivity contribution in [1.29, 1.82) is 0 Å². The number of nitrogens with zero attached hydrogens (tertiary/aromatic N) is 2. The van der Waals surface area contributed by atoms with Crippen molar-refractivity contribution in [3.63, 3.8) is 0 Å². The molecule has 1 saturated carbocycles. The summed E-state index contributed by atoms with van der Waals surface area (Å²) in [5, 5.41) is 2.97. The second-order valence-corrected chi connectivity index (χ2v) is 8.40. The van der Waals surface area contributed by atoms with Crippen LogP contribution in [0.2, 0.25) is 0 Å². The zero-order valence-electron chi connectivity index (χ0n) is 18.6. The van der Waals surface area contributed by atoms with E-state index in [4.69, 9.17) is 4.42 Å². The maximum atomic E-state index is 13.3. The molecule has 1 aliphatic rings. The Labute approximate surface area is 188 Å². The highest BCUT2D eigenvalue weighted by Crippen LogP contribution is 2.28. The molecule has 1 N–H and O–H groups in total. The van der Waals surface area contributed by atoms with Crippen LogP contribution in [0.1, 0.15) is 35.3 Å². The minimum Gasteiger partial charge on any atom is -0.467 e. The van der Waals surface area contributed by atoms with E-state index in [1.807, 2.05) is 74.5 Å². The Kier molecular flexibility index (Phi) is 6.59. The molecule has 3 aromatic rings. The smallest absolute Gasteiger partial charge is 0.322 e. The van der Waals surface area contributed by atoms with E-state index in [0.717, 1.165) is 29.7 Å². The highest BCUT2D eigenvalue weighted by Gasteiger charge is 2.35. The number of hydrogen-bond acceptors (Lipinski definition) is 3. The number of rotatable bonds is 8. The number of anilines is 1. The van der Waals surface area contributed by atoms with Crippen LogP contribution in [0.4, 0.5) is 10.5 Å². The molecule has 1 heterocycles. The third-order valence-electron chi connectivity index (χ3n) is 5.81. The third-order valence-corrected chi connectivity index (χ3v) is 5.81. The number of carbonyl (C=O) groups excluding carboxylic acids is 2. The Hall–Kier alpha value is -3.54. The molecule has 3 amide bonds. The van der Waals surface area contributed by atoms with Crippen molar-refractivity contribution < 1.29 is 14.0 Å². The van der Waals surface area contributed by atoms with Gasteiger partial charge in [0.1, 0.15) is 12.3 Å². The fraction of sp³-hybridized carbons (Fsp3) is 0.308. The normalized spacial score (nSPS) is 12.9. The van der Waals surface area contributed by atoms with Gasteiger partial charge in [-0.15, -0.1) is 0 Å². The van der Waals surface area contributed by atoms with Gasteiger partial charge in [-0.3, -0.25) is 4.79 Å². The number of furan rings is 1. The lowest BCUT2D eigenvalue weighted by molar-refractivity contribution is -0.133. The predicted octanol–water partition coefficient (Wildman–Crippen LogP) is 5.12. The molecular formula is C26H29N3O3. The number of hydrogen-bond donors (Lipinski definition) is 1. The lowest BCUT2D eigenvalue weighted by Crippen LogP contribution is -2.45. The summed E-state index contributed by atoms with van der Waals surface area (Å²) in [7, 11) is 0. The highest BCUT2D eigenvalue weighted by atomic mass is 16.3. The van der Waals surface area contributed by atoms with Gasteiger partial charge >= 0.3 is 6.03 Å². The van der Waals surface area contributed by atoms with Crippen LogP contribution in [-0.4, -0.2) is 34.3 Å². The number of aryl methyl sites for hydroxylation is 2. The molecule has 1 aromatic heterocycles. The molecule has 0 aliphatic heterocycles. The Morgan fingerprint density at radius 1 is 0.969 bits per heavy atom. The van der Waals surface area contributed by atoms with E-state index in [0.29, 0.717) is 18.8 Å². The van der Waals surface area contributed by atoms with Crippen molar-refractivity contribution >= 4 is 17.6 Å². The van der Waals surface area contributed by atoms with E-state index >= 15 is 0 Å². The molecule has 2 aromatic carbocycles. The highest BCUT2D eigenvalue weighted by molar-refractivity contribution is 5.93. The molecule has 0 unspecified atom stereocenters. The van der Waals surface area contributed by atoms with Crippen LogP contribution in [0.5, 0.6) is 0 Å². The molecule has 166 valence electrons. The van der Waals surface area contributed by atoms with E-state index in [2.05, 4.69) is 5.32 Å². The van der Waals surface area contributed by atoms with Crippen LogP contribution in [0.25, 0.3) is 0 Å². The number of carbonyl (C=O) groups is 2. The molecule has 4 rings (SSSR count). The lowest BCUT2D eigenvalue weighted by Gasteiger charge is -2.27. The molecule has 0 spiro atoms. The molecule has 1 fully saturated rings. The maximum absolute atomic E-state index is 13.3. The molecule has 0 bridgehead atoms. The van der Waals surface area contributed by atoms with Gasteiger partial charge in [-0.2, -0.15) is 0 Å². The fourth-order valence-corrected chi connectivity index (χ4v) is 3.64. The number of amides is 3. The second-order valence-electron chi connectivity index (χ2n) is 8.40. The number of nitrogens with one attached hydrogen (secondary N) is 1. The largest absolute Gasteiger partial charge is 0.467 e. The van der Waals surface area contributed by atoms with E-state index in [-0.39, 0.29) is 24.5 Å². The summed E-state index contributed by atoms with van der Waals surface area (Å²) in [4.78, 5) is 29.8. The summed E-state index contributed by atoms with van der Waals surface area (Å²) in [5.41, 5.74) is 4.06. The number of urea groups is 1. The van der Waals surface area contributed by atoms with E-state index in [9.17, 15) is 9.59 Å². The van der Waals surface area contributed by atoms with Gasteiger partial charge in [0.25, 0.3) is 0 Å². The second kappa shape index (κ2) is 9.73. The third kappa shape index (κ3) is 5.58. The summed E-state index contributed by atoms with van der Waals surface area (Å²) in [5.74, 6) is 0.610. The summed E-state index contributed by atoms with van der Waals surface area (Å²) in [6.45, 7) is 4.91. The standard InChI is InChI=1S/C26H29N3O3/c1-19-10-11-22(15-20(19)2)27-26(31)29(23-12-13-23)18-25(30)28(17-24-9-6-14-32-24)16-21-7-4-3-5-8-21/h3-11,14-15,23H,12-13,16-18H2,1-2H3,(H,27,31). The van der Waals surface area contributed by atoms with Crippen molar-refractivity contribution in [3.8, 4) is 0 Å². The molecule has 1 aliphatic carbocycles.